The maximum absolute atomic E-state index is 9.39. The highest BCUT2D eigenvalue weighted by atomic mass is 16.3. The Morgan fingerprint density at radius 3 is 2.54 bits per heavy atom. The normalized spacial score (nSPS) is 13.3. The van der Waals surface area contributed by atoms with Crippen molar-refractivity contribution in [3.05, 3.63) is 29.6 Å². The predicted octanol–water partition coefficient (Wildman–Crippen LogP) is 1.20. The number of nitrogens with two attached hydrogens (primary N) is 1. The second kappa shape index (κ2) is 4.35. The van der Waals surface area contributed by atoms with Crippen molar-refractivity contribution in [2.24, 2.45) is 5.73 Å². The van der Waals surface area contributed by atoms with Crippen LogP contribution in [0.4, 0.5) is 0 Å². The van der Waals surface area contributed by atoms with E-state index in [-0.39, 0.29) is 6.54 Å². The molecule has 1 unspecified atom stereocenters. The van der Waals surface area contributed by atoms with Gasteiger partial charge in [-0.1, -0.05) is 19.9 Å². The number of aliphatic hydroxyl groups is 1. The molecule has 13 heavy (non-hydrogen) atoms. The van der Waals surface area contributed by atoms with Crippen LogP contribution in [0.15, 0.2) is 18.3 Å². The van der Waals surface area contributed by atoms with Gasteiger partial charge < -0.3 is 10.8 Å². The Kier molecular flexibility index (Phi) is 3.39. The average molecular weight is 180 g/mol. The Labute approximate surface area is 78.6 Å². The van der Waals surface area contributed by atoms with Gasteiger partial charge in [-0.3, -0.25) is 4.98 Å². The lowest BCUT2D eigenvalue weighted by Gasteiger charge is -2.09. The van der Waals surface area contributed by atoms with Crippen molar-refractivity contribution >= 4 is 0 Å². The van der Waals surface area contributed by atoms with Crippen molar-refractivity contribution in [3.8, 4) is 0 Å². The largest absolute Gasteiger partial charge is 0.387 e. The van der Waals surface area contributed by atoms with Crippen molar-refractivity contribution in [1.82, 2.24) is 4.98 Å². The third-order valence-electron chi connectivity index (χ3n) is 2.01. The summed E-state index contributed by atoms with van der Waals surface area (Å²) in [6.45, 7) is 4.41. The van der Waals surface area contributed by atoms with Gasteiger partial charge in [0.1, 0.15) is 0 Å². The van der Waals surface area contributed by atoms with E-state index in [1.165, 1.54) is 0 Å². The van der Waals surface area contributed by atoms with E-state index in [9.17, 15) is 5.11 Å². The highest BCUT2D eigenvalue weighted by Gasteiger charge is 2.06. The maximum Gasteiger partial charge on any atom is 0.0927 e. The first-order chi connectivity index (χ1) is 6.15. The third kappa shape index (κ3) is 2.50. The Bertz CT molecular complexity index is 256. The second-order valence-corrected chi connectivity index (χ2v) is 3.42. The zero-order valence-corrected chi connectivity index (χ0v) is 8.07. The maximum atomic E-state index is 9.39. The van der Waals surface area contributed by atoms with Crippen molar-refractivity contribution in [1.29, 1.82) is 0 Å². The zero-order chi connectivity index (χ0) is 9.84. The van der Waals surface area contributed by atoms with Gasteiger partial charge in [0, 0.05) is 24.0 Å². The van der Waals surface area contributed by atoms with Crippen LogP contribution in [0.25, 0.3) is 0 Å². The van der Waals surface area contributed by atoms with Gasteiger partial charge in [-0.05, 0) is 12.0 Å². The molecule has 0 bridgehead atoms. The van der Waals surface area contributed by atoms with E-state index < -0.39 is 6.10 Å². The fourth-order valence-corrected chi connectivity index (χ4v) is 1.09. The summed E-state index contributed by atoms with van der Waals surface area (Å²) in [7, 11) is 0. The lowest BCUT2D eigenvalue weighted by Crippen LogP contribution is -2.11. The van der Waals surface area contributed by atoms with Crippen molar-refractivity contribution in [3.63, 3.8) is 0 Å². The van der Waals surface area contributed by atoms with Crippen LogP contribution in [0.3, 0.4) is 0 Å². The fourth-order valence-electron chi connectivity index (χ4n) is 1.09. The molecule has 1 aromatic heterocycles. The van der Waals surface area contributed by atoms with Gasteiger partial charge >= 0.3 is 0 Å². The number of pyridine rings is 1. The molecule has 1 aromatic rings. The van der Waals surface area contributed by atoms with Gasteiger partial charge in [-0.25, -0.2) is 0 Å². The molecule has 0 aliphatic heterocycles. The van der Waals surface area contributed by atoms with Gasteiger partial charge in [0.2, 0.25) is 0 Å². The summed E-state index contributed by atoms with van der Waals surface area (Å²) in [6.07, 6.45) is 1.10. The lowest BCUT2D eigenvalue weighted by molar-refractivity contribution is 0.186. The molecule has 3 nitrogen and oxygen atoms in total. The molecule has 72 valence electrons. The SMILES string of the molecule is CC(C)c1ccc(C(O)CN)cn1. The van der Waals surface area contributed by atoms with Crippen LogP contribution in [0.1, 0.15) is 37.1 Å². The Morgan fingerprint density at radius 1 is 1.46 bits per heavy atom. The van der Waals surface area contributed by atoms with Crippen LogP contribution in [-0.2, 0) is 0 Å². The van der Waals surface area contributed by atoms with Gasteiger partial charge in [-0.2, -0.15) is 0 Å². The van der Waals surface area contributed by atoms with E-state index in [4.69, 9.17) is 5.73 Å². The molecule has 3 N–H and O–H groups in total. The topological polar surface area (TPSA) is 59.1 Å². The molecule has 1 rings (SSSR count). The minimum absolute atomic E-state index is 0.239. The standard InChI is InChI=1S/C10H16N2O/c1-7(2)9-4-3-8(6-12-9)10(13)5-11/h3-4,6-7,10,13H,5,11H2,1-2H3. The number of aliphatic hydroxyl groups excluding tert-OH is 1. The Hall–Kier alpha value is -0.930. The molecule has 0 aromatic carbocycles. The summed E-state index contributed by atoms with van der Waals surface area (Å²) in [4.78, 5) is 4.23. The monoisotopic (exact) mass is 180 g/mol. The Balaban J connectivity index is 2.81. The van der Waals surface area contributed by atoms with E-state index in [0.29, 0.717) is 5.92 Å². The highest BCUT2D eigenvalue weighted by Crippen LogP contribution is 2.14. The van der Waals surface area contributed by atoms with E-state index in [2.05, 4.69) is 18.8 Å². The molecular formula is C10H16N2O. The number of hydrogen-bond acceptors (Lipinski definition) is 3. The highest BCUT2D eigenvalue weighted by molar-refractivity contribution is 5.18. The zero-order valence-electron chi connectivity index (χ0n) is 8.07. The minimum Gasteiger partial charge on any atom is -0.387 e. The van der Waals surface area contributed by atoms with Crippen molar-refractivity contribution in [2.75, 3.05) is 6.54 Å². The summed E-state index contributed by atoms with van der Waals surface area (Å²) >= 11 is 0. The summed E-state index contributed by atoms with van der Waals surface area (Å²) in [5.74, 6) is 0.420. The van der Waals surface area contributed by atoms with Crippen LogP contribution < -0.4 is 5.73 Å². The quantitative estimate of drug-likeness (QED) is 0.734. The first kappa shape index (κ1) is 10.2. The van der Waals surface area contributed by atoms with Gasteiger partial charge in [-0.15, -0.1) is 0 Å². The third-order valence-corrected chi connectivity index (χ3v) is 2.01. The second-order valence-electron chi connectivity index (χ2n) is 3.42. The molecule has 0 saturated carbocycles. The number of rotatable bonds is 3. The molecule has 0 radical (unpaired) electrons. The molecule has 0 aliphatic carbocycles. The first-order valence-corrected chi connectivity index (χ1v) is 4.49. The number of hydrogen-bond donors (Lipinski definition) is 2. The summed E-state index contributed by atoms with van der Waals surface area (Å²) in [5, 5.41) is 9.39. The van der Waals surface area contributed by atoms with Crippen LogP contribution in [0, 0.1) is 0 Å². The predicted molar refractivity (Wildman–Crippen MR) is 52.3 cm³/mol. The summed E-state index contributed by atoms with van der Waals surface area (Å²) < 4.78 is 0. The lowest BCUT2D eigenvalue weighted by atomic mass is 10.1. The molecule has 0 aliphatic rings. The van der Waals surface area contributed by atoms with Crippen molar-refractivity contribution < 1.29 is 5.11 Å². The van der Waals surface area contributed by atoms with E-state index >= 15 is 0 Å². The molecule has 3 heteroatoms. The minimum atomic E-state index is -0.589. The molecule has 0 saturated heterocycles. The van der Waals surface area contributed by atoms with E-state index in [1.807, 2.05) is 12.1 Å². The summed E-state index contributed by atoms with van der Waals surface area (Å²) in [6, 6.07) is 3.80. The van der Waals surface area contributed by atoms with Crippen LogP contribution >= 0.6 is 0 Å². The summed E-state index contributed by atoms with van der Waals surface area (Å²) in [5.41, 5.74) is 7.14. The van der Waals surface area contributed by atoms with Crippen LogP contribution in [-0.4, -0.2) is 16.6 Å². The fraction of sp³-hybridized carbons (Fsp3) is 0.500. The van der Waals surface area contributed by atoms with Gasteiger partial charge in [0.05, 0.1) is 6.10 Å². The molecular weight excluding hydrogens is 164 g/mol. The molecule has 0 fully saturated rings. The molecule has 1 atom stereocenters. The molecule has 0 amide bonds. The average Bonchev–Trinajstić information content (AvgIpc) is 2.17. The van der Waals surface area contributed by atoms with E-state index in [0.717, 1.165) is 11.3 Å². The number of aromatic nitrogens is 1. The number of nitrogens with zero attached hydrogens (tertiary/aromatic N) is 1. The van der Waals surface area contributed by atoms with Gasteiger partial charge in [0.25, 0.3) is 0 Å². The molecule has 0 spiro atoms. The van der Waals surface area contributed by atoms with Crippen molar-refractivity contribution in [2.45, 2.75) is 25.9 Å². The van der Waals surface area contributed by atoms with Gasteiger partial charge in [0.15, 0.2) is 0 Å². The van der Waals surface area contributed by atoms with Crippen LogP contribution in [0.5, 0.6) is 0 Å². The first-order valence-electron chi connectivity index (χ1n) is 4.49. The Morgan fingerprint density at radius 2 is 2.15 bits per heavy atom. The van der Waals surface area contributed by atoms with E-state index in [1.54, 1.807) is 6.20 Å². The smallest absolute Gasteiger partial charge is 0.0927 e. The molecule has 1 heterocycles. The van der Waals surface area contributed by atoms with Crippen LogP contribution in [0.2, 0.25) is 0 Å².